The summed E-state index contributed by atoms with van der Waals surface area (Å²) in [6.07, 6.45) is 0.673. The maximum Gasteiger partial charge on any atom is 0.268 e. The predicted octanol–water partition coefficient (Wildman–Crippen LogP) is 4.75. The molecule has 2 aromatic carbocycles. The lowest BCUT2D eigenvalue weighted by molar-refractivity contribution is 0.0944. The highest BCUT2D eigenvalue weighted by molar-refractivity contribution is 7.17. The van der Waals surface area contributed by atoms with Crippen LogP contribution in [0, 0.1) is 0 Å². The fraction of sp³-hybridized carbons (Fsp3) is 0.280. The van der Waals surface area contributed by atoms with Gasteiger partial charge in [0, 0.05) is 41.6 Å². The maximum atomic E-state index is 13.2. The van der Waals surface area contributed by atoms with Gasteiger partial charge >= 0.3 is 0 Å². The van der Waals surface area contributed by atoms with Crippen molar-refractivity contribution < 1.29 is 14.3 Å². The van der Waals surface area contributed by atoms with Crippen molar-refractivity contribution in [2.45, 2.75) is 25.8 Å². The Bertz CT molecular complexity index is 1220. The van der Waals surface area contributed by atoms with Crippen molar-refractivity contribution in [1.82, 2.24) is 5.32 Å². The number of carbonyl (C=O) groups excluding carboxylic acids is 2. The number of nitrogens with one attached hydrogen (secondary N) is 1. The Morgan fingerprint density at radius 2 is 1.97 bits per heavy atom. The van der Waals surface area contributed by atoms with Crippen molar-refractivity contribution in [3.8, 4) is 16.2 Å². The number of fused-ring (bicyclic) bond motifs is 3. The Morgan fingerprint density at radius 3 is 2.70 bits per heavy atom. The van der Waals surface area contributed by atoms with Gasteiger partial charge in [0.05, 0.1) is 22.2 Å². The zero-order valence-corrected chi connectivity index (χ0v) is 20.3. The van der Waals surface area contributed by atoms with E-state index < -0.39 is 5.54 Å². The number of amides is 2. The Balaban J connectivity index is 1.62. The lowest BCUT2D eigenvalue weighted by Gasteiger charge is -2.19. The van der Waals surface area contributed by atoms with Crippen LogP contribution in [0.3, 0.4) is 0 Å². The molecule has 0 saturated heterocycles. The molecule has 0 bridgehead atoms. The Hall–Kier alpha value is -2.87. The number of halogens is 1. The molecule has 33 heavy (non-hydrogen) atoms. The molecule has 4 rings (SSSR count). The van der Waals surface area contributed by atoms with Crippen LogP contribution in [0.1, 0.15) is 39.4 Å². The van der Waals surface area contributed by atoms with Gasteiger partial charge in [0.15, 0.2) is 0 Å². The van der Waals surface area contributed by atoms with Crippen LogP contribution in [0.25, 0.3) is 10.4 Å². The van der Waals surface area contributed by atoms with Crippen LogP contribution in [0.5, 0.6) is 5.75 Å². The monoisotopic (exact) mass is 483 g/mol. The molecular formula is C25H26ClN3O3S. The van der Waals surface area contributed by atoms with E-state index in [9.17, 15) is 9.59 Å². The number of ether oxygens (including phenoxy) is 1. The number of hydrogen-bond donors (Lipinski definition) is 2. The maximum absolute atomic E-state index is 13.2. The fourth-order valence-electron chi connectivity index (χ4n) is 3.60. The van der Waals surface area contributed by atoms with E-state index in [1.54, 1.807) is 30.1 Å². The lowest BCUT2D eigenvalue weighted by Crippen LogP contribution is -2.45. The van der Waals surface area contributed by atoms with Gasteiger partial charge in [-0.3, -0.25) is 9.59 Å². The van der Waals surface area contributed by atoms with Gasteiger partial charge in [-0.05, 0) is 55.8 Å². The summed E-state index contributed by atoms with van der Waals surface area (Å²) < 4.78 is 5.95. The molecular weight excluding hydrogens is 458 g/mol. The summed E-state index contributed by atoms with van der Waals surface area (Å²) in [4.78, 5) is 28.9. The molecule has 3 N–H and O–H groups in total. The number of thiophene rings is 1. The topological polar surface area (TPSA) is 84.7 Å². The van der Waals surface area contributed by atoms with Gasteiger partial charge in [-0.15, -0.1) is 11.3 Å². The number of rotatable bonds is 5. The van der Waals surface area contributed by atoms with Gasteiger partial charge in [0.2, 0.25) is 0 Å². The van der Waals surface area contributed by atoms with Crippen molar-refractivity contribution in [1.29, 1.82) is 0 Å². The normalized spacial score (nSPS) is 12.8. The number of nitrogens with zero attached hydrogens (tertiary/aromatic N) is 1. The van der Waals surface area contributed by atoms with Gasteiger partial charge in [0.1, 0.15) is 5.75 Å². The van der Waals surface area contributed by atoms with E-state index in [0.717, 1.165) is 16.0 Å². The summed E-state index contributed by atoms with van der Waals surface area (Å²) >= 11 is 7.71. The fourth-order valence-corrected chi connectivity index (χ4v) is 5.08. The average molecular weight is 484 g/mol. The first-order valence-corrected chi connectivity index (χ1v) is 11.8. The van der Waals surface area contributed by atoms with Crippen molar-refractivity contribution in [3.05, 3.63) is 69.6 Å². The first-order valence-electron chi connectivity index (χ1n) is 10.6. The minimum absolute atomic E-state index is 0.121. The predicted molar refractivity (Wildman–Crippen MR) is 134 cm³/mol. The Labute approximate surface area is 202 Å². The number of hydrogen-bond acceptors (Lipinski definition) is 5. The zero-order chi connectivity index (χ0) is 23.8. The van der Waals surface area contributed by atoms with Gasteiger partial charge in [-0.2, -0.15) is 0 Å². The third kappa shape index (κ3) is 5.05. The minimum Gasteiger partial charge on any atom is -0.493 e. The van der Waals surface area contributed by atoms with Crippen molar-refractivity contribution >= 4 is 40.4 Å². The highest BCUT2D eigenvalue weighted by atomic mass is 35.5. The largest absolute Gasteiger partial charge is 0.493 e. The van der Waals surface area contributed by atoms with Crippen LogP contribution >= 0.6 is 22.9 Å². The quantitative estimate of drug-likeness (QED) is 0.548. The molecule has 8 heteroatoms. The second kappa shape index (κ2) is 9.17. The number of nitrogens with two attached hydrogens (primary N) is 1. The van der Waals surface area contributed by atoms with E-state index in [-0.39, 0.29) is 11.8 Å². The number of carbonyl (C=O) groups is 2. The molecule has 0 unspecified atom stereocenters. The molecule has 3 aromatic rings. The molecule has 172 valence electrons. The Kier molecular flexibility index (Phi) is 6.47. The van der Waals surface area contributed by atoms with Crippen LogP contribution in [0.2, 0.25) is 5.02 Å². The standard InChI is InChI=1S/C25H26ClN3O3S/c1-25(2,27)14-28-23(30)16-8-9-17-20(12-16)32-11-10-15-13-21(33-22(15)17)24(31)29(3)19-7-5-4-6-18(19)26/h4-9,12-13H,10-11,14,27H2,1-3H3,(H,28,30). The van der Waals surface area contributed by atoms with Crippen LogP contribution in [-0.4, -0.2) is 37.6 Å². The lowest BCUT2D eigenvalue weighted by atomic mass is 10.0. The molecule has 6 nitrogen and oxygen atoms in total. The summed E-state index contributed by atoms with van der Waals surface area (Å²) in [5.74, 6) is 0.311. The first kappa shape index (κ1) is 23.3. The molecule has 0 aliphatic carbocycles. The van der Waals surface area contributed by atoms with Crippen LogP contribution in [0.15, 0.2) is 48.5 Å². The van der Waals surface area contributed by atoms with Gasteiger partial charge in [-0.25, -0.2) is 0 Å². The Morgan fingerprint density at radius 1 is 1.21 bits per heavy atom. The van der Waals surface area contributed by atoms with E-state index in [4.69, 9.17) is 22.1 Å². The van der Waals surface area contributed by atoms with Crippen LogP contribution in [0.4, 0.5) is 5.69 Å². The molecule has 1 aliphatic rings. The first-order chi connectivity index (χ1) is 15.6. The van der Waals surface area contributed by atoms with Gasteiger partial charge < -0.3 is 20.7 Å². The van der Waals surface area contributed by atoms with Crippen molar-refractivity contribution in [2.75, 3.05) is 25.1 Å². The highest BCUT2D eigenvalue weighted by Crippen LogP contribution is 2.41. The molecule has 0 fully saturated rings. The molecule has 1 aromatic heterocycles. The molecule has 2 heterocycles. The number of benzene rings is 2. The highest BCUT2D eigenvalue weighted by Gasteiger charge is 2.25. The van der Waals surface area contributed by atoms with E-state index >= 15 is 0 Å². The average Bonchev–Trinajstić information content (AvgIpc) is 3.12. The summed E-state index contributed by atoms with van der Waals surface area (Å²) in [5, 5.41) is 3.38. The van der Waals surface area contributed by atoms with E-state index in [1.165, 1.54) is 11.3 Å². The number of anilines is 1. The third-order valence-electron chi connectivity index (χ3n) is 5.36. The van der Waals surface area contributed by atoms with Crippen LogP contribution < -0.4 is 20.7 Å². The SMILES string of the molecule is CN(C(=O)c1cc2c(s1)-c1ccc(C(=O)NCC(C)(C)N)cc1OCC2)c1ccccc1Cl. The van der Waals surface area contributed by atoms with Gasteiger partial charge in [0.25, 0.3) is 11.8 Å². The van der Waals surface area contributed by atoms with Crippen molar-refractivity contribution in [2.24, 2.45) is 5.73 Å². The number of para-hydroxylation sites is 1. The van der Waals surface area contributed by atoms with E-state index in [1.807, 2.05) is 44.2 Å². The molecule has 0 atom stereocenters. The molecule has 1 aliphatic heterocycles. The molecule has 0 saturated carbocycles. The third-order valence-corrected chi connectivity index (χ3v) is 6.88. The van der Waals surface area contributed by atoms with Crippen LogP contribution in [-0.2, 0) is 6.42 Å². The molecule has 0 radical (unpaired) electrons. The van der Waals surface area contributed by atoms with E-state index in [0.29, 0.717) is 46.5 Å². The van der Waals surface area contributed by atoms with Crippen molar-refractivity contribution in [3.63, 3.8) is 0 Å². The zero-order valence-electron chi connectivity index (χ0n) is 18.8. The summed E-state index contributed by atoms with van der Waals surface area (Å²) in [6.45, 7) is 4.54. The summed E-state index contributed by atoms with van der Waals surface area (Å²) in [6, 6.07) is 14.6. The second-order valence-corrected chi connectivity index (χ2v) is 10.2. The molecule has 2 amide bonds. The molecule has 0 spiro atoms. The minimum atomic E-state index is -0.496. The second-order valence-electron chi connectivity index (χ2n) is 8.76. The van der Waals surface area contributed by atoms with Gasteiger partial charge in [-0.1, -0.05) is 23.7 Å². The van der Waals surface area contributed by atoms with E-state index in [2.05, 4.69) is 5.32 Å². The summed E-state index contributed by atoms with van der Waals surface area (Å²) in [5.41, 5.74) is 8.56. The smallest absolute Gasteiger partial charge is 0.268 e. The summed E-state index contributed by atoms with van der Waals surface area (Å²) in [7, 11) is 1.72.